The molecule has 3 aromatic heterocycles. The number of benzene rings is 1. The van der Waals surface area contributed by atoms with Crippen LogP contribution in [0.25, 0.3) is 16.2 Å². The van der Waals surface area contributed by atoms with E-state index in [1.165, 1.54) is 16.7 Å². The van der Waals surface area contributed by atoms with Crippen LogP contribution in [-0.2, 0) is 0 Å². The number of fused-ring (bicyclic) bond motifs is 1. The van der Waals surface area contributed by atoms with Gasteiger partial charge in [0.1, 0.15) is 17.5 Å². The van der Waals surface area contributed by atoms with E-state index in [4.69, 9.17) is 5.10 Å². The minimum Gasteiger partial charge on any atom is -0.354 e. The molecule has 160 valence electrons. The number of thiazole rings is 1. The topological polar surface area (TPSA) is 74.5 Å². The van der Waals surface area contributed by atoms with Gasteiger partial charge in [0.2, 0.25) is 10.9 Å². The molecule has 5 rings (SSSR count). The van der Waals surface area contributed by atoms with Crippen molar-refractivity contribution in [3.05, 3.63) is 46.6 Å². The smallest absolute Gasteiger partial charge is 0.249 e. The first kappa shape index (κ1) is 19.9. The Balaban J connectivity index is 1.43. The molecule has 0 spiro atoms. The molecule has 0 saturated carbocycles. The van der Waals surface area contributed by atoms with Crippen molar-refractivity contribution in [1.29, 1.82) is 0 Å². The fraction of sp³-hybridized carbons (Fsp3) is 0.364. The lowest BCUT2D eigenvalue weighted by Gasteiger charge is -2.33. The van der Waals surface area contributed by atoms with E-state index >= 15 is 0 Å². The second kappa shape index (κ2) is 7.90. The van der Waals surface area contributed by atoms with Crippen molar-refractivity contribution in [2.75, 3.05) is 43.4 Å². The van der Waals surface area contributed by atoms with E-state index in [2.05, 4.69) is 74.5 Å². The summed E-state index contributed by atoms with van der Waals surface area (Å²) in [4.78, 5) is 19.3. The summed E-state index contributed by atoms with van der Waals surface area (Å²) in [7, 11) is 2.15. The molecule has 0 radical (unpaired) electrons. The predicted molar refractivity (Wildman–Crippen MR) is 126 cm³/mol. The van der Waals surface area contributed by atoms with Gasteiger partial charge in [0.25, 0.3) is 0 Å². The number of nitrogens with zero attached hydrogens (tertiary/aromatic N) is 7. The quantitative estimate of drug-likeness (QED) is 0.525. The lowest BCUT2D eigenvalue weighted by molar-refractivity contribution is 0.312. The van der Waals surface area contributed by atoms with E-state index in [0.29, 0.717) is 11.8 Å². The van der Waals surface area contributed by atoms with Crippen molar-refractivity contribution < 1.29 is 0 Å². The van der Waals surface area contributed by atoms with E-state index < -0.39 is 0 Å². The average molecular weight is 435 g/mol. The molecule has 8 nitrogen and oxygen atoms in total. The van der Waals surface area contributed by atoms with Gasteiger partial charge in [-0.05, 0) is 33.4 Å². The Bertz CT molecular complexity index is 1240. The highest BCUT2D eigenvalue weighted by atomic mass is 32.1. The number of nitrogens with one attached hydrogen (secondary N) is 1. The van der Waals surface area contributed by atoms with Gasteiger partial charge < -0.3 is 15.1 Å². The highest BCUT2D eigenvalue weighted by Crippen LogP contribution is 2.29. The lowest BCUT2D eigenvalue weighted by atomic mass is 10.0. The number of anilines is 3. The van der Waals surface area contributed by atoms with E-state index in [0.717, 1.165) is 48.5 Å². The maximum absolute atomic E-state index is 4.71. The molecular formula is C22H26N8S. The molecule has 0 atom stereocenters. The van der Waals surface area contributed by atoms with Gasteiger partial charge in [-0.25, -0.2) is 14.5 Å². The van der Waals surface area contributed by atoms with E-state index in [-0.39, 0.29) is 0 Å². The Kier molecular flexibility index (Phi) is 5.07. The van der Waals surface area contributed by atoms with Gasteiger partial charge in [0.15, 0.2) is 0 Å². The number of hydrogen-bond acceptors (Lipinski definition) is 8. The third-order valence-corrected chi connectivity index (χ3v) is 6.45. The summed E-state index contributed by atoms with van der Waals surface area (Å²) in [6, 6.07) is 8.46. The van der Waals surface area contributed by atoms with Crippen LogP contribution in [0.4, 0.5) is 17.6 Å². The molecule has 1 aliphatic rings. The summed E-state index contributed by atoms with van der Waals surface area (Å²) in [5, 5.41) is 10.1. The van der Waals surface area contributed by atoms with E-state index in [1.807, 2.05) is 17.5 Å². The molecule has 0 unspecified atom stereocenters. The van der Waals surface area contributed by atoms with Crippen molar-refractivity contribution in [1.82, 2.24) is 29.5 Å². The highest BCUT2D eigenvalue weighted by molar-refractivity contribution is 7.15. The molecule has 0 bridgehead atoms. The van der Waals surface area contributed by atoms with Crippen molar-refractivity contribution in [2.45, 2.75) is 20.8 Å². The number of aryl methyl sites for hydroxylation is 3. The van der Waals surface area contributed by atoms with Crippen LogP contribution in [0.1, 0.15) is 17.0 Å². The van der Waals surface area contributed by atoms with E-state index in [9.17, 15) is 0 Å². The van der Waals surface area contributed by atoms with Crippen LogP contribution in [0.2, 0.25) is 0 Å². The third kappa shape index (κ3) is 3.98. The molecule has 4 heterocycles. The van der Waals surface area contributed by atoms with Crippen LogP contribution in [-0.4, -0.2) is 62.7 Å². The highest BCUT2D eigenvalue weighted by Gasteiger charge is 2.18. The van der Waals surface area contributed by atoms with Gasteiger partial charge in [-0.3, -0.25) is 0 Å². The molecule has 1 N–H and O–H groups in total. The SMILES string of the molecule is Cc1ccc(-c2csc3nc(Nc4cc(N5CCN(C)CC5)nc(C)n4)nn23)c(C)c1. The van der Waals surface area contributed by atoms with Gasteiger partial charge in [-0.1, -0.05) is 23.8 Å². The third-order valence-electron chi connectivity index (χ3n) is 5.63. The first-order valence-electron chi connectivity index (χ1n) is 10.4. The van der Waals surface area contributed by atoms with Crippen LogP contribution in [0, 0.1) is 20.8 Å². The van der Waals surface area contributed by atoms with Crippen LogP contribution < -0.4 is 10.2 Å². The first-order chi connectivity index (χ1) is 15.0. The minimum atomic E-state index is 0.542. The summed E-state index contributed by atoms with van der Waals surface area (Å²) in [5.41, 5.74) is 4.70. The van der Waals surface area contributed by atoms with E-state index in [1.54, 1.807) is 11.3 Å². The molecule has 0 aliphatic carbocycles. The zero-order chi connectivity index (χ0) is 21.5. The normalized spacial score (nSPS) is 15.0. The van der Waals surface area contributed by atoms with Crippen LogP contribution in [0.3, 0.4) is 0 Å². The van der Waals surface area contributed by atoms with Crippen LogP contribution in [0.15, 0.2) is 29.6 Å². The molecule has 0 amide bonds. The molecule has 9 heteroatoms. The van der Waals surface area contributed by atoms with Crippen LogP contribution >= 0.6 is 11.3 Å². The van der Waals surface area contributed by atoms with Crippen molar-refractivity contribution in [3.8, 4) is 11.3 Å². The number of piperazine rings is 1. The van der Waals surface area contributed by atoms with Crippen molar-refractivity contribution in [3.63, 3.8) is 0 Å². The predicted octanol–water partition coefficient (Wildman–Crippen LogP) is 3.67. The van der Waals surface area contributed by atoms with Gasteiger partial charge in [0.05, 0.1) is 5.69 Å². The Morgan fingerprint density at radius 3 is 2.55 bits per heavy atom. The summed E-state index contributed by atoms with van der Waals surface area (Å²) in [6.45, 7) is 10.2. The van der Waals surface area contributed by atoms with Gasteiger partial charge in [-0.2, -0.15) is 4.98 Å². The van der Waals surface area contributed by atoms with Crippen molar-refractivity contribution >= 4 is 33.9 Å². The average Bonchev–Trinajstić information content (AvgIpc) is 3.29. The largest absolute Gasteiger partial charge is 0.354 e. The summed E-state index contributed by atoms with van der Waals surface area (Å²) < 4.78 is 1.90. The molecule has 1 saturated heterocycles. The van der Waals surface area contributed by atoms with Crippen LogP contribution in [0.5, 0.6) is 0 Å². The zero-order valence-corrected chi connectivity index (χ0v) is 19.1. The molecule has 4 aromatic rings. The first-order valence-corrected chi connectivity index (χ1v) is 11.3. The second-order valence-electron chi connectivity index (χ2n) is 8.14. The Morgan fingerprint density at radius 1 is 0.968 bits per heavy atom. The fourth-order valence-corrected chi connectivity index (χ4v) is 4.77. The molecular weight excluding hydrogens is 408 g/mol. The standard InChI is InChI=1S/C22H26N8S/c1-14-5-6-17(15(2)11-14)18-13-31-22-26-21(27-30(18)22)25-19-12-20(24-16(3)23-19)29-9-7-28(4)8-10-29/h5-6,11-13H,7-10H2,1-4H3,(H,23,24,25,27). The summed E-state index contributed by atoms with van der Waals surface area (Å²) in [6.07, 6.45) is 0. The Hall–Kier alpha value is -3.04. The van der Waals surface area contributed by atoms with Gasteiger partial charge in [0, 0.05) is 43.2 Å². The maximum atomic E-state index is 4.71. The van der Waals surface area contributed by atoms with Gasteiger partial charge in [-0.15, -0.1) is 16.4 Å². The zero-order valence-electron chi connectivity index (χ0n) is 18.3. The number of likely N-dealkylation sites (N-methyl/N-ethyl adjacent to an activating group) is 1. The molecule has 1 fully saturated rings. The van der Waals surface area contributed by atoms with Crippen molar-refractivity contribution in [2.24, 2.45) is 0 Å². The number of rotatable bonds is 4. The lowest BCUT2D eigenvalue weighted by Crippen LogP contribution is -2.44. The minimum absolute atomic E-state index is 0.542. The molecule has 1 aromatic carbocycles. The monoisotopic (exact) mass is 434 g/mol. The second-order valence-corrected chi connectivity index (χ2v) is 8.98. The molecule has 1 aliphatic heterocycles. The number of hydrogen-bond donors (Lipinski definition) is 1. The summed E-state index contributed by atoms with van der Waals surface area (Å²) >= 11 is 1.59. The fourth-order valence-electron chi connectivity index (χ4n) is 3.95. The summed E-state index contributed by atoms with van der Waals surface area (Å²) in [5.74, 6) is 2.93. The number of aromatic nitrogens is 5. The maximum Gasteiger partial charge on any atom is 0.249 e. The molecule has 31 heavy (non-hydrogen) atoms. The Labute approximate surface area is 185 Å². The Morgan fingerprint density at radius 2 is 1.77 bits per heavy atom. The van der Waals surface area contributed by atoms with Gasteiger partial charge >= 0.3 is 0 Å².